The van der Waals surface area contributed by atoms with Crippen molar-refractivity contribution in [1.82, 2.24) is 10.6 Å². The van der Waals surface area contributed by atoms with Crippen LogP contribution in [-0.4, -0.2) is 38.4 Å². The van der Waals surface area contributed by atoms with Gasteiger partial charge in [-0.05, 0) is 46.1 Å². The Morgan fingerprint density at radius 3 is 2.82 bits per heavy atom. The van der Waals surface area contributed by atoms with E-state index >= 15 is 0 Å². The first-order valence-corrected chi connectivity index (χ1v) is 10.4. The van der Waals surface area contributed by atoms with Crippen LogP contribution in [-0.2, 0) is 4.74 Å². The average molecular weight is 499 g/mol. The Morgan fingerprint density at radius 1 is 1.39 bits per heavy atom. The van der Waals surface area contributed by atoms with Crippen molar-refractivity contribution in [1.29, 1.82) is 0 Å². The molecule has 5 nitrogen and oxygen atoms in total. The number of hydrogen-bond donors (Lipinski definition) is 2. The van der Waals surface area contributed by atoms with Crippen LogP contribution >= 0.6 is 24.0 Å². The molecule has 0 amide bonds. The van der Waals surface area contributed by atoms with Crippen molar-refractivity contribution in [3.05, 3.63) is 29.3 Å². The van der Waals surface area contributed by atoms with E-state index in [0.717, 1.165) is 30.4 Å². The Hall–Kier alpha value is -1.02. The topological polar surface area (TPSA) is 54.9 Å². The lowest BCUT2D eigenvalue weighted by Gasteiger charge is -2.63. The fourth-order valence-corrected chi connectivity index (χ4v) is 5.37. The van der Waals surface area contributed by atoms with Gasteiger partial charge in [-0.15, -0.1) is 24.0 Å². The molecule has 4 unspecified atom stereocenters. The summed E-state index contributed by atoms with van der Waals surface area (Å²) in [7, 11) is 1.73. The second kappa shape index (κ2) is 8.78. The summed E-state index contributed by atoms with van der Waals surface area (Å²) >= 11 is 0. The summed E-state index contributed by atoms with van der Waals surface area (Å²) in [6, 6.07) is 6.93. The van der Waals surface area contributed by atoms with Gasteiger partial charge >= 0.3 is 0 Å². The molecule has 1 spiro atoms. The zero-order valence-corrected chi connectivity index (χ0v) is 19.8. The van der Waals surface area contributed by atoms with Crippen molar-refractivity contribution in [3.8, 4) is 5.75 Å². The zero-order valence-electron chi connectivity index (χ0n) is 17.5. The number of guanidine groups is 1. The number of aryl methyl sites for hydroxylation is 1. The molecule has 1 aromatic carbocycles. The third kappa shape index (κ3) is 3.62. The highest BCUT2D eigenvalue weighted by Gasteiger charge is 2.66. The highest BCUT2D eigenvalue weighted by Crippen LogP contribution is 2.62. The molecule has 28 heavy (non-hydrogen) atoms. The number of ether oxygens (including phenoxy) is 2. The molecule has 2 saturated carbocycles. The quantitative estimate of drug-likeness (QED) is 0.363. The van der Waals surface area contributed by atoms with Crippen molar-refractivity contribution in [2.45, 2.75) is 64.6 Å². The Balaban J connectivity index is 0.00000225. The highest BCUT2D eigenvalue weighted by molar-refractivity contribution is 14.0. The van der Waals surface area contributed by atoms with E-state index in [-0.39, 0.29) is 30.0 Å². The van der Waals surface area contributed by atoms with Crippen LogP contribution < -0.4 is 15.4 Å². The molecular formula is C22H34IN3O2. The smallest absolute Gasteiger partial charge is 0.191 e. The predicted octanol–water partition coefficient (Wildman–Crippen LogP) is 4.20. The van der Waals surface area contributed by atoms with E-state index in [9.17, 15) is 0 Å². The Bertz CT molecular complexity index is 720. The molecule has 1 heterocycles. The van der Waals surface area contributed by atoms with Crippen LogP contribution in [0, 0.1) is 18.3 Å². The number of benzene rings is 1. The van der Waals surface area contributed by atoms with E-state index in [4.69, 9.17) is 14.5 Å². The van der Waals surface area contributed by atoms with E-state index in [1.165, 1.54) is 31.2 Å². The van der Waals surface area contributed by atoms with Crippen LogP contribution in [0.15, 0.2) is 23.2 Å². The van der Waals surface area contributed by atoms with Gasteiger partial charge in [0.15, 0.2) is 5.96 Å². The molecule has 3 fully saturated rings. The number of aliphatic imine (C=N–C) groups is 1. The zero-order chi connectivity index (χ0) is 19.0. The third-order valence-electron chi connectivity index (χ3n) is 6.85. The van der Waals surface area contributed by atoms with Gasteiger partial charge in [-0.2, -0.15) is 0 Å². The largest absolute Gasteiger partial charge is 0.496 e. The number of nitrogens with one attached hydrogen (secondary N) is 2. The van der Waals surface area contributed by atoms with Crippen molar-refractivity contribution in [2.75, 3.05) is 20.3 Å². The van der Waals surface area contributed by atoms with Gasteiger partial charge in [0.05, 0.1) is 19.3 Å². The fourth-order valence-electron chi connectivity index (χ4n) is 5.37. The van der Waals surface area contributed by atoms with E-state index in [2.05, 4.69) is 43.5 Å². The Labute approximate surface area is 186 Å². The van der Waals surface area contributed by atoms with Gasteiger partial charge in [0.2, 0.25) is 0 Å². The standard InChI is InChI=1S/C22H33N3O2.HI/c1-5-23-21(24-15(3)17-13-14(2)7-8-18(17)26-4)25-19-16-9-12-27-20(16)22(19)10-6-11-22;/h7-8,13,15-16,19-20H,5-6,9-12H2,1-4H3,(H2,23,24,25);1H. The van der Waals surface area contributed by atoms with E-state index in [1.54, 1.807) is 7.11 Å². The second-order valence-electron chi connectivity index (χ2n) is 8.39. The van der Waals surface area contributed by atoms with E-state index in [0.29, 0.717) is 23.5 Å². The first kappa shape index (κ1) is 21.7. The molecule has 4 rings (SSSR count). The molecule has 1 saturated heterocycles. The molecule has 2 aliphatic carbocycles. The number of nitrogens with zero attached hydrogens (tertiary/aromatic N) is 1. The maximum atomic E-state index is 6.06. The Morgan fingerprint density at radius 2 is 2.18 bits per heavy atom. The second-order valence-corrected chi connectivity index (χ2v) is 8.39. The van der Waals surface area contributed by atoms with Crippen molar-refractivity contribution in [3.63, 3.8) is 0 Å². The lowest BCUT2D eigenvalue weighted by Crippen LogP contribution is -2.72. The minimum atomic E-state index is 0. The molecule has 156 valence electrons. The highest BCUT2D eigenvalue weighted by atomic mass is 127. The molecule has 1 aromatic rings. The van der Waals surface area contributed by atoms with E-state index < -0.39 is 0 Å². The third-order valence-corrected chi connectivity index (χ3v) is 6.85. The number of rotatable bonds is 5. The first-order chi connectivity index (χ1) is 13.1. The van der Waals surface area contributed by atoms with Gasteiger partial charge in [0.1, 0.15) is 5.75 Å². The number of hydrogen-bond acceptors (Lipinski definition) is 3. The summed E-state index contributed by atoms with van der Waals surface area (Å²) < 4.78 is 11.6. The van der Waals surface area contributed by atoms with Gasteiger partial charge in [-0.3, -0.25) is 4.99 Å². The van der Waals surface area contributed by atoms with Gasteiger partial charge in [0, 0.05) is 36.1 Å². The van der Waals surface area contributed by atoms with Crippen molar-refractivity contribution < 1.29 is 9.47 Å². The minimum Gasteiger partial charge on any atom is -0.496 e. The first-order valence-electron chi connectivity index (χ1n) is 10.4. The van der Waals surface area contributed by atoms with Crippen LogP contribution in [0.3, 0.4) is 0 Å². The lowest BCUT2D eigenvalue weighted by molar-refractivity contribution is -0.171. The monoisotopic (exact) mass is 499 g/mol. The van der Waals surface area contributed by atoms with Gasteiger partial charge in [-0.1, -0.05) is 24.1 Å². The van der Waals surface area contributed by atoms with Crippen molar-refractivity contribution >= 4 is 29.9 Å². The maximum absolute atomic E-state index is 6.06. The predicted molar refractivity (Wildman–Crippen MR) is 124 cm³/mol. The van der Waals surface area contributed by atoms with Crippen LogP contribution in [0.25, 0.3) is 0 Å². The van der Waals surface area contributed by atoms with Crippen molar-refractivity contribution in [2.24, 2.45) is 16.3 Å². The number of fused-ring (bicyclic) bond motifs is 2. The fraction of sp³-hybridized carbons (Fsp3) is 0.682. The summed E-state index contributed by atoms with van der Waals surface area (Å²) in [5.41, 5.74) is 2.75. The SMILES string of the molecule is CCN=C(NC(C)c1cc(C)ccc1OC)NC1C2CCOC2C12CCC2.I. The molecule has 6 heteroatoms. The van der Waals surface area contributed by atoms with Crippen LogP contribution in [0.5, 0.6) is 5.75 Å². The van der Waals surface area contributed by atoms with Gasteiger partial charge < -0.3 is 20.1 Å². The summed E-state index contributed by atoms with van der Waals surface area (Å²) in [6.45, 7) is 8.05. The molecule has 2 N–H and O–H groups in total. The summed E-state index contributed by atoms with van der Waals surface area (Å²) in [4.78, 5) is 4.74. The molecule has 0 radical (unpaired) electrons. The van der Waals surface area contributed by atoms with Gasteiger partial charge in [0.25, 0.3) is 0 Å². The maximum Gasteiger partial charge on any atom is 0.191 e. The molecular weight excluding hydrogens is 465 g/mol. The minimum absolute atomic E-state index is 0. The summed E-state index contributed by atoms with van der Waals surface area (Å²) in [6.07, 6.45) is 5.54. The average Bonchev–Trinajstić information content (AvgIpc) is 3.03. The molecule has 3 aliphatic rings. The normalized spacial score (nSPS) is 28.4. The molecule has 1 aliphatic heterocycles. The van der Waals surface area contributed by atoms with Crippen LogP contribution in [0.1, 0.15) is 56.7 Å². The molecule has 4 atom stereocenters. The van der Waals surface area contributed by atoms with E-state index in [1.807, 2.05) is 6.07 Å². The number of halogens is 1. The Kier molecular flexibility index (Phi) is 6.80. The molecule has 0 aromatic heterocycles. The summed E-state index contributed by atoms with van der Waals surface area (Å²) in [5.74, 6) is 2.47. The van der Waals surface area contributed by atoms with Gasteiger partial charge in [-0.25, -0.2) is 0 Å². The summed E-state index contributed by atoms with van der Waals surface area (Å²) in [5, 5.41) is 7.41. The number of methoxy groups -OCH3 is 1. The lowest BCUT2D eigenvalue weighted by atomic mass is 9.46. The molecule has 0 bridgehead atoms. The van der Waals surface area contributed by atoms with Crippen LogP contribution in [0.4, 0.5) is 0 Å². The van der Waals surface area contributed by atoms with Crippen LogP contribution in [0.2, 0.25) is 0 Å².